The van der Waals surface area contributed by atoms with Gasteiger partial charge in [0, 0.05) is 25.1 Å². The largest absolute Gasteiger partial charge is 0.480 e. The lowest BCUT2D eigenvalue weighted by Crippen LogP contribution is -2.40. The minimum atomic E-state index is -1.25. The monoisotopic (exact) mass is 314 g/mol. The Balaban J connectivity index is 2.37. The zero-order valence-corrected chi connectivity index (χ0v) is 11.4. The van der Waals surface area contributed by atoms with Crippen LogP contribution in [0.3, 0.4) is 0 Å². The molecule has 9 heteroatoms. The molecule has 8 nitrogen and oxygen atoms in total. The van der Waals surface area contributed by atoms with Crippen molar-refractivity contribution in [1.29, 1.82) is 0 Å². The average molecular weight is 315 g/mol. The van der Waals surface area contributed by atoms with Crippen LogP contribution in [0, 0.1) is 10.1 Å². The summed E-state index contributed by atoms with van der Waals surface area (Å²) < 4.78 is 0. The number of hydrogen-bond donors (Lipinski definition) is 2. The van der Waals surface area contributed by atoms with Crippen molar-refractivity contribution in [2.45, 2.75) is 18.6 Å². The Labute approximate surface area is 123 Å². The highest BCUT2D eigenvalue weighted by atomic mass is 35.5. The van der Waals surface area contributed by atoms with Crippen molar-refractivity contribution in [3.8, 4) is 0 Å². The Morgan fingerprint density at radius 2 is 2.10 bits per heavy atom. The Bertz CT molecular complexity index is 620. The normalized spacial score (nSPS) is 21.3. The fourth-order valence-corrected chi connectivity index (χ4v) is 2.42. The maximum absolute atomic E-state index is 12.3. The van der Waals surface area contributed by atoms with E-state index in [4.69, 9.17) is 16.7 Å². The van der Waals surface area contributed by atoms with Crippen molar-refractivity contribution in [2.75, 3.05) is 6.54 Å². The van der Waals surface area contributed by atoms with Crippen molar-refractivity contribution in [1.82, 2.24) is 4.90 Å². The second kappa shape index (κ2) is 5.66. The van der Waals surface area contributed by atoms with Gasteiger partial charge >= 0.3 is 5.97 Å². The predicted octanol–water partition coefficient (Wildman–Crippen LogP) is 0.908. The van der Waals surface area contributed by atoms with Crippen LogP contribution in [0.1, 0.15) is 16.8 Å². The number of hydrogen-bond acceptors (Lipinski definition) is 5. The molecule has 0 saturated carbocycles. The summed E-state index contributed by atoms with van der Waals surface area (Å²) in [6.45, 7) is -0.158. The number of likely N-dealkylation sites (tertiary alicyclic amines) is 1. The molecule has 1 aromatic carbocycles. The Morgan fingerprint density at radius 3 is 2.67 bits per heavy atom. The number of halogens is 1. The molecule has 1 aromatic rings. The Kier molecular flexibility index (Phi) is 4.10. The van der Waals surface area contributed by atoms with E-state index in [0.29, 0.717) is 0 Å². The van der Waals surface area contributed by atoms with Crippen LogP contribution in [0.5, 0.6) is 0 Å². The highest BCUT2D eigenvalue weighted by molar-refractivity contribution is 6.34. The van der Waals surface area contributed by atoms with E-state index in [1.807, 2.05) is 0 Å². The molecule has 0 radical (unpaired) electrons. The number of aliphatic hydroxyl groups excluding tert-OH is 1. The number of carbonyl (C=O) groups is 2. The van der Waals surface area contributed by atoms with Gasteiger partial charge < -0.3 is 15.1 Å². The Morgan fingerprint density at radius 1 is 1.43 bits per heavy atom. The van der Waals surface area contributed by atoms with Gasteiger partial charge in [-0.1, -0.05) is 11.6 Å². The summed E-state index contributed by atoms with van der Waals surface area (Å²) in [7, 11) is 0. The molecule has 2 atom stereocenters. The summed E-state index contributed by atoms with van der Waals surface area (Å²) in [5, 5.41) is 29.3. The van der Waals surface area contributed by atoms with Crippen LogP contribution in [0.2, 0.25) is 5.02 Å². The van der Waals surface area contributed by atoms with E-state index in [2.05, 4.69) is 0 Å². The van der Waals surface area contributed by atoms with Gasteiger partial charge in [-0.05, 0) is 6.07 Å². The maximum Gasteiger partial charge on any atom is 0.326 e. The van der Waals surface area contributed by atoms with Crippen LogP contribution in [-0.2, 0) is 4.79 Å². The molecule has 2 rings (SSSR count). The number of benzene rings is 1. The van der Waals surface area contributed by atoms with E-state index in [-0.39, 0.29) is 29.2 Å². The summed E-state index contributed by atoms with van der Waals surface area (Å²) in [5.41, 5.74) is -0.486. The number of rotatable bonds is 3. The van der Waals surface area contributed by atoms with Gasteiger partial charge in [-0.25, -0.2) is 4.79 Å². The van der Waals surface area contributed by atoms with Crippen LogP contribution in [0.4, 0.5) is 5.69 Å². The molecule has 1 fully saturated rings. The van der Waals surface area contributed by atoms with Gasteiger partial charge in [0.2, 0.25) is 0 Å². The average Bonchev–Trinajstić information content (AvgIpc) is 2.80. The van der Waals surface area contributed by atoms with Crippen LogP contribution in [0.15, 0.2) is 18.2 Å². The number of carbonyl (C=O) groups excluding carboxylic acids is 1. The second-order valence-corrected chi connectivity index (χ2v) is 5.03. The molecule has 0 bridgehead atoms. The molecule has 1 aliphatic rings. The number of aliphatic carboxylic acids is 1. The molecule has 0 spiro atoms. The quantitative estimate of drug-likeness (QED) is 0.631. The zero-order valence-electron chi connectivity index (χ0n) is 10.6. The summed E-state index contributed by atoms with van der Waals surface area (Å²) in [5.74, 6) is -2.01. The molecule has 0 aliphatic carbocycles. The third kappa shape index (κ3) is 2.96. The van der Waals surface area contributed by atoms with Gasteiger partial charge in [0.25, 0.3) is 11.6 Å². The standard InChI is InChI=1S/C12H11ClN2O6/c13-9-2-1-6(15(20)21)3-8(9)11(17)14-5-7(16)4-10(14)12(18)19/h1-3,7,10,16H,4-5H2,(H,18,19)/t7-,10-/m0/s1. The van der Waals surface area contributed by atoms with Crippen molar-refractivity contribution < 1.29 is 24.7 Å². The Hall–Kier alpha value is -2.19. The number of nitro groups is 1. The number of aliphatic hydroxyl groups is 1. The predicted molar refractivity (Wildman–Crippen MR) is 71.2 cm³/mol. The van der Waals surface area contributed by atoms with Crippen molar-refractivity contribution in [3.63, 3.8) is 0 Å². The second-order valence-electron chi connectivity index (χ2n) is 4.62. The molecule has 2 N–H and O–H groups in total. The zero-order chi connectivity index (χ0) is 15.7. The molecular weight excluding hydrogens is 304 g/mol. The molecule has 1 aliphatic heterocycles. The van der Waals surface area contributed by atoms with Gasteiger partial charge in [0.1, 0.15) is 6.04 Å². The maximum atomic E-state index is 12.3. The lowest BCUT2D eigenvalue weighted by Gasteiger charge is -2.21. The lowest BCUT2D eigenvalue weighted by atomic mass is 10.1. The summed E-state index contributed by atoms with van der Waals surface area (Å²) in [6, 6.07) is 2.17. The van der Waals surface area contributed by atoms with Gasteiger partial charge in [-0.15, -0.1) is 0 Å². The molecule has 1 heterocycles. The molecule has 0 aromatic heterocycles. The number of amides is 1. The van der Waals surface area contributed by atoms with Gasteiger partial charge in [-0.2, -0.15) is 0 Å². The third-order valence-corrected chi connectivity index (χ3v) is 3.55. The third-order valence-electron chi connectivity index (χ3n) is 3.22. The highest BCUT2D eigenvalue weighted by Gasteiger charge is 2.40. The number of non-ortho nitro benzene ring substituents is 1. The van der Waals surface area contributed by atoms with E-state index in [1.165, 1.54) is 6.07 Å². The number of nitrogens with zero attached hydrogens (tertiary/aromatic N) is 2. The fraction of sp³-hybridized carbons (Fsp3) is 0.333. The number of carboxylic acids is 1. The summed E-state index contributed by atoms with van der Waals surface area (Å²) in [6.07, 6.45) is -1.04. The molecule has 1 amide bonds. The highest BCUT2D eigenvalue weighted by Crippen LogP contribution is 2.27. The van der Waals surface area contributed by atoms with Gasteiger partial charge in [0.15, 0.2) is 0 Å². The van der Waals surface area contributed by atoms with Crippen molar-refractivity contribution >= 4 is 29.2 Å². The number of nitro benzene ring substituents is 1. The van der Waals surface area contributed by atoms with E-state index in [1.54, 1.807) is 0 Å². The number of carboxylic acid groups (broad SMARTS) is 1. The smallest absolute Gasteiger partial charge is 0.326 e. The first kappa shape index (κ1) is 15.2. The van der Waals surface area contributed by atoms with E-state index >= 15 is 0 Å². The van der Waals surface area contributed by atoms with Crippen molar-refractivity contribution in [2.24, 2.45) is 0 Å². The topological polar surface area (TPSA) is 121 Å². The van der Waals surface area contributed by atoms with Gasteiger partial charge in [-0.3, -0.25) is 14.9 Å². The minimum Gasteiger partial charge on any atom is -0.480 e. The van der Waals surface area contributed by atoms with Crippen LogP contribution in [-0.4, -0.2) is 50.6 Å². The molecule has 112 valence electrons. The fourth-order valence-electron chi connectivity index (χ4n) is 2.22. The molecule has 21 heavy (non-hydrogen) atoms. The first-order valence-corrected chi connectivity index (χ1v) is 6.35. The van der Waals surface area contributed by atoms with Crippen LogP contribution >= 0.6 is 11.6 Å². The van der Waals surface area contributed by atoms with Gasteiger partial charge in [0.05, 0.1) is 21.6 Å². The molecule has 0 unspecified atom stereocenters. The van der Waals surface area contributed by atoms with E-state index in [0.717, 1.165) is 17.0 Å². The van der Waals surface area contributed by atoms with Crippen molar-refractivity contribution in [3.05, 3.63) is 38.9 Å². The molecule has 1 saturated heterocycles. The van der Waals surface area contributed by atoms with Crippen LogP contribution in [0.25, 0.3) is 0 Å². The first-order valence-electron chi connectivity index (χ1n) is 5.97. The lowest BCUT2D eigenvalue weighted by molar-refractivity contribution is -0.384. The first-order chi connectivity index (χ1) is 9.81. The van der Waals surface area contributed by atoms with Crippen LogP contribution < -0.4 is 0 Å². The van der Waals surface area contributed by atoms with E-state index < -0.39 is 28.9 Å². The summed E-state index contributed by atoms with van der Waals surface area (Å²) >= 11 is 5.86. The SMILES string of the molecule is O=C(O)[C@@H]1C[C@H](O)CN1C(=O)c1cc([N+](=O)[O-])ccc1Cl. The summed E-state index contributed by atoms with van der Waals surface area (Å²) in [4.78, 5) is 34.5. The number of β-amino-alcohol motifs (C(OH)–C–C–N with tert-alkyl or cyclic N) is 1. The molecular formula is C12H11ClN2O6. The van der Waals surface area contributed by atoms with E-state index in [9.17, 15) is 24.8 Å². The minimum absolute atomic E-state index is 0.0175.